The van der Waals surface area contributed by atoms with Gasteiger partial charge >= 0.3 is 0 Å². The average Bonchev–Trinajstić information content (AvgIpc) is 2.80. The number of pyridine rings is 1. The van der Waals surface area contributed by atoms with Crippen molar-refractivity contribution in [3.05, 3.63) is 64.4 Å². The van der Waals surface area contributed by atoms with Crippen molar-refractivity contribution < 1.29 is 14.4 Å². The molecule has 1 N–H and O–H groups in total. The first-order valence-corrected chi connectivity index (χ1v) is 7.27. The molecule has 0 atom stereocenters. The minimum atomic E-state index is -0.557. The van der Waals surface area contributed by atoms with Crippen molar-refractivity contribution in [2.75, 3.05) is 6.54 Å². The number of aromatic nitrogens is 1. The zero-order valence-corrected chi connectivity index (χ0v) is 12.7. The van der Waals surface area contributed by atoms with E-state index in [4.69, 9.17) is 11.6 Å². The molecule has 1 aromatic carbocycles. The molecule has 2 aromatic rings. The summed E-state index contributed by atoms with van der Waals surface area (Å²) in [6.07, 6.45) is 1.44. The molecule has 23 heavy (non-hydrogen) atoms. The van der Waals surface area contributed by atoms with Crippen molar-refractivity contribution in [1.82, 2.24) is 15.2 Å². The van der Waals surface area contributed by atoms with E-state index < -0.39 is 17.7 Å². The Balaban J connectivity index is 1.64. The van der Waals surface area contributed by atoms with E-state index in [1.807, 2.05) is 6.07 Å². The van der Waals surface area contributed by atoms with E-state index in [9.17, 15) is 14.4 Å². The van der Waals surface area contributed by atoms with Crippen LogP contribution in [0.3, 0.4) is 0 Å². The zero-order chi connectivity index (χ0) is 16.4. The molecule has 0 spiro atoms. The van der Waals surface area contributed by atoms with Crippen LogP contribution in [0.2, 0.25) is 5.02 Å². The summed E-state index contributed by atoms with van der Waals surface area (Å²) in [4.78, 5) is 41.0. The summed E-state index contributed by atoms with van der Waals surface area (Å²) in [6, 6.07) is 10.2. The van der Waals surface area contributed by atoms with Crippen molar-refractivity contribution in [3.8, 4) is 0 Å². The number of carbonyl (C=O) groups is 3. The predicted molar refractivity (Wildman–Crippen MR) is 82.9 cm³/mol. The highest BCUT2D eigenvalue weighted by Crippen LogP contribution is 2.20. The van der Waals surface area contributed by atoms with Crippen LogP contribution in [-0.4, -0.2) is 34.2 Å². The number of fused-ring (bicyclic) bond motifs is 1. The second-order valence-corrected chi connectivity index (χ2v) is 5.37. The number of hydrogen-bond donors (Lipinski definition) is 1. The summed E-state index contributed by atoms with van der Waals surface area (Å²) in [5.41, 5.74) is 1.05. The van der Waals surface area contributed by atoms with Gasteiger partial charge < -0.3 is 5.32 Å². The van der Waals surface area contributed by atoms with Crippen molar-refractivity contribution in [2.24, 2.45) is 0 Å². The van der Waals surface area contributed by atoms with E-state index in [1.165, 1.54) is 12.3 Å². The van der Waals surface area contributed by atoms with E-state index in [1.54, 1.807) is 24.3 Å². The van der Waals surface area contributed by atoms with Gasteiger partial charge in [0.1, 0.15) is 12.2 Å². The third-order valence-corrected chi connectivity index (χ3v) is 3.84. The summed E-state index contributed by atoms with van der Waals surface area (Å²) in [5.74, 6) is -1.51. The summed E-state index contributed by atoms with van der Waals surface area (Å²) in [7, 11) is 0. The van der Waals surface area contributed by atoms with Gasteiger partial charge in [-0.15, -0.1) is 0 Å². The molecule has 1 aliphatic rings. The molecule has 0 radical (unpaired) electrons. The minimum absolute atomic E-state index is 0.0800. The van der Waals surface area contributed by atoms with Gasteiger partial charge in [0.05, 0.1) is 5.56 Å². The number of nitrogens with one attached hydrogen (secondary N) is 1. The largest absolute Gasteiger partial charge is 0.350 e. The number of carbonyl (C=O) groups excluding carboxylic acids is 3. The molecule has 3 amide bonds. The van der Waals surface area contributed by atoms with Gasteiger partial charge in [-0.05, 0) is 23.8 Å². The Kier molecular flexibility index (Phi) is 4.08. The van der Waals surface area contributed by atoms with Crippen LogP contribution < -0.4 is 5.32 Å². The van der Waals surface area contributed by atoms with Gasteiger partial charge in [-0.1, -0.05) is 29.8 Å². The molecule has 2 heterocycles. The van der Waals surface area contributed by atoms with Crippen molar-refractivity contribution in [2.45, 2.75) is 6.54 Å². The molecule has 3 rings (SSSR count). The lowest BCUT2D eigenvalue weighted by atomic mass is 10.2. The number of hydrogen-bond acceptors (Lipinski definition) is 4. The molecule has 0 saturated heterocycles. The third kappa shape index (κ3) is 2.93. The number of rotatable bonds is 4. The van der Waals surface area contributed by atoms with Gasteiger partial charge in [0, 0.05) is 17.8 Å². The normalized spacial score (nSPS) is 13.2. The fourth-order valence-electron chi connectivity index (χ4n) is 2.29. The van der Waals surface area contributed by atoms with Crippen molar-refractivity contribution in [1.29, 1.82) is 0 Å². The fraction of sp³-hybridized carbons (Fsp3) is 0.125. The summed E-state index contributed by atoms with van der Waals surface area (Å²) in [6.45, 7) is -0.127. The zero-order valence-electron chi connectivity index (χ0n) is 12.0. The lowest BCUT2D eigenvalue weighted by Crippen LogP contribution is -2.40. The van der Waals surface area contributed by atoms with Crippen molar-refractivity contribution in [3.63, 3.8) is 0 Å². The van der Waals surface area contributed by atoms with Crippen LogP contribution in [0, 0.1) is 0 Å². The monoisotopic (exact) mass is 329 g/mol. The van der Waals surface area contributed by atoms with Crippen LogP contribution in [-0.2, 0) is 11.3 Å². The fourth-order valence-corrected chi connectivity index (χ4v) is 2.49. The second-order valence-electron chi connectivity index (χ2n) is 4.96. The van der Waals surface area contributed by atoms with E-state index in [0.717, 1.165) is 10.5 Å². The van der Waals surface area contributed by atoms with E-state index in [2.05, 4.69) is 10.3 Å². The molecule has 116 valence electrons. The first-order chi connectivity index (χ1) is 11.1. The highest BCUT2D eigenvalue weighted by molar-refractivity contribution is 6.31. The summed E-state index contributed by atoms with van der Waals surface area (Å²) < 4.78 is 0. The van der Waals surface area contributed by atoms with Gasteiger partial charge in [-0.25, -0.2) is 0 Å². The highest BCUT2D eigenvalue weighted by Gasteiger charge is 2.37. The molecule has 0 unspecified atom stereocenters. The Labute approximate surface area is 137 Å². The standard InChI is InChI=1S/C16H12ClN3O3/c17-12-6-2-1-4-10(12)8-19-13(21)9-20-15(22)11-5-3-7-18-14(11)16(20)23/h1-7H,8-9H2,(H,19,21). The van der Waals surface area contributed by atoms with E-state index in [-0.39, 0.29) is 24.3 Å². The number of amides is 3. The smallest absolute Gasteiger partial charge is 0.280 e. The lowest BCUT2D eigenvalue weighted by Gasteiger charge is -2.13. The predicted octanol–water partition coefficient (Wildman–Crippen LogP) is 1.65. The molecule has 6 nitrogen and oxygen atoms in total. The molecule has 1 aliphatic heterocycles. The summed E-state index contributed by atoms with van der Waals surface area (Å²) in [5, 5.41) is 3.18. The third-order valence-electron chi connectivity index (χ3n) is 3.47. The molecule has 7 heteroatoms. The van der Waals surface area contributed by atoms with Crippen LogP contribution in [0.1, 0.15) is 26.4 Å². The molecular formula is C16H12ClN3O3. The Morgan fingerprint density at radius 3 is 2.65 bits per heavy atom. The second kappa shape index (κ2) is 6.18. The first kappa shape index (κ1) is 15.2. The topological polar surface area (TPSA) is 79.4 Å². The Morgan fingerprint density at radius 2 is 1.91 bits per heavy atom. The molecule has 1 aromatic heterocycles. The number of benzene rings is 1. The molecule has 0 aliphatic carbocycles. The summed E-state index contributed by atoms with van der Waals surface area (Å²) >= 11 is 6.01. The minimum Gasteiger partial charge on any atom is -0.350 e. The van der Waals surface area contributed by atoms with Crippen LogP contribution in [0.4, 0.5) is 0 Å². The van der Waals surface area contributed by atoms with E-state index >= 15 is 0 Å². The SMILES string of the molecule is O=C(CN1C(=O)c2cccnc2C1=O)NCc1ccccc1Cl. The average molecular weight is 330 g/mol. The Morgan fingerprint density at radius 1 is 1.13 bits per heavy atom. The number of halogens is 1. The van der Waals surface area contributed by atoms with E-state index in [0.29, 0.717) is 5.02 Å². The number of imide groups is 1. The van der Waals surface area contributed by atoms with Crippen molar-refractivity contribution >= 4 is 29.3 Å². The molecular weight excluding hydrogens is 318 g/mol. The van der Waals surface area contributed by atoms with Gasteiger partial charge in [0.2, 0.25) is 5.91 Å². The Hall–Kier alpha value is -2.73. The molecule has 0 saturated carbocycles. The maximum atomic E-state index is 12.1. The lowest BCUT2D eigenvalue weighted by molar-refractivity contribution is -0.121. The van der Waals surface area contributed by atoms with Crippen LogP contribution in [0.5, 0.6) is 0 Å². The van der Waals surface area contributed by atoms with Crippen LogP contribution >= 0.6 is 11.6 Å². The van der Waals surface area contributed by atoms with Gasteiger partial charge in [0.15, 0.2) is 0 Å². The van der Waals surface area contributed by atoms with Gasteiger partial charge in [0.25, 0.3) is 11.8 Å². The van der Waals surface area contributed by atoms with Crippen LogP contribution in [0.15, 0.2) is 42.6 Å². The van der Waals surface area contributed by atoms with Gasteiger partial charge in [-0.3, -0.25) is 24.3 Å². The molecule has 0 bridgehead atoms. The maximum Gasteiger partial charge on any atom is 0.280 e. The maximum absolute atomic E-state index is 12.1. The van der Waals surface area contributed by atoms with Gasteiger partial charge in [-0.2, -0.15) is 0 Å². The Bertz CT molecular complexity index is 772. The number of nitrogens with zero attached hydrogens (tertiary/aromatic N) is 2. The highest BCUT2D eigenvalue weighted by atomic mass is 35.5. The first-order valence-electron chi connectivity index (χ1n) is 6.89. The quantitative estimate of drug-likeness (QED) is 0.865. The molecule has 0 fully saturated rings. The van der Waals surface area contributed by atoms with Crippen LogP contribution in [0.25, 0.3) is 0 Å².